The largest absolute Gasteiger partial charge is 0.481 e. The van der Waals surface area contributed by atoms with Crippen LogP contribution in [-0.4, -0.2) is 43.2 Å². The number of nitrogens with zero attached hydrogens (tertiary/aromatic N) is 4. The Labute approximate surface area is 118 Å². The Morgan fingerprint density at radius 2 is 2.35 bits per heavy atom. The van der Waals surface area contributed by atoms with Crippen LogP contribution >= 0.6 is 11.3 Å². The van der Waals surface area contributed by atoms with Crippen molar-refractivity contribution in [1.82, 2.24) is 25.5 Å². The summed E-state index contributed by atoms with van der Waals surface area (Å²) in [5.41, 5.74) is 0. The van der Waals surface area contributed by atoms with E-state index in [1.165, 1.54) is 16.1 Å². The molecule has 2 heterocycles. The summed E-state index contributed by atoms with van der Waals surface area (Å²) >= 11 is 1.48. The molecule has 0 aliphatic carbocycles. The molecule has 0 aromatic carbocycles. The number of rotatable bonds is 6. The van der Waals surface area contributed by atoms with Crippen molar-refractivity contribution in [2.24, 2.45) is 0 Å². The summed E-state index contributed by atoms with van der Waals surface area (Å²) in [7, 11) is 0. The van der Waals surface area contributed by atoms with Gasteiger partial charge >= 0.3 is 5.97 Å². The Morgan fingerprint density at radius 3 is 3.00 bits per heavy atom. The van der Waals surface area contributed by atoms with Crippen molar-refractivity contribution in [3.63, 3.8) is 0 Å². The minimum atomic E-state index is -0.961. The summed E-state index contributed by atoms with van der Waals surface area (Å²) in [5, 5.41) is 24.8. The van der Waals surface area contributed by atoms with Crippen LogP contribution in [0, 0.1) is 0 Å². The molecule has 20 heavy (non-hydrogen) atoms. The number of thiophene rings is 1. The number of amides is 1. The first-order valence-electron chi connectivity index (χ1n) is 5.87. The van der Waals surface area contributed by atoms with E-state index in [2.05, 4.69) is 20.7 Å². The van der Waals surface area contributed by atoms with Crippen molar-refractivity contribution in [1.29, 1.82) is 0 Å². The summed E-state index contributed by atoms with van der Waals surface area (Å²) in [6, 6.07) is 3.29. The monoisotopic (exact) mass is 295 g/mol. The number of hydrogen-bond donors (Lipinski definition) is 2. The van der Waals surface area contributed by atoms with E-state index in [9.17, 15) is 9.59 Å². The molecule has 1 atom stereocenters. The van der Waals surface area contributed by atoms with E-state index in [4.69, 9.17) is 5.11 Å². The van der Waals surface area contributed by atoms with Gasteiger partial charge in [-0.1, -0.05) is 6.07 Å². The minimum Gasteiger partial charge on any atom is -0.481 e. The standard InChI is InChI=1S/C11H13N5O3S/c1-7(5-10(18)19)12-9(17)6-16-14-11(13-15-16)8-3-2-4-20-8/h2-4,7H,5-6H2,1H3,(H,12,17)(H,18,19). The highest BCUT2D eigenvalue weighted by Crippen LogP contribution is 2.19. The molecule has 0 saturated carbocycles. The van der Waals surface area contributed by atoms with Gasteiger partial charge in [-0.05, 0) is 23.6 Å². The van der Waals surface area contributed by atoms with Gasteiger partial charge in [-0.3, -0.25) is 9.59 Å². The highest BCUT2D eigenvalue weighted by molar-refractivity contribution is 7.13. The summed E-state index contributed by atoms with van der Waals surface area (Å²) in [4.78, 5) is 24.2. The third kappa shape index (κ3) is 3.85. The average Bonchev–Trinajstić information content (AvgIpc) is 2.96. The van der Waals surface area contributed by atoms with Gasteiger partial charge in [-0.25, -0.2) is 0 Å². The average molecular weight is 295 g/mol. The number of carboxylic acids is 1. The normalized spacial score (nSPS) is 12.1. The van der Waals surface area contributed by atoms with E-state index in [0.717, 1.165) is 4.88 Å². The molecule has 0 radical (unpaired) electrons. The fraction of sp³-hybridized carbons (Fsp3) is 0.364. The Kier molecular flexibility index (Phi) is 4.41. The molecule has 9 heteroatoms. The van der Waals surface area contributed by atoms with Crippen LogP contribution in [-0.2, 0) is 16.1 Å². The number of nitrogens with one attached hydrogen (secondary N) is 1. The first-order valence-corrected chi connectivity index (χ1v) is 6.75. The highest BCUT2D eigenvalue weighted by Gasteiger charge is 2.13. The van der Waals surface area contributed by atoms with Crippen molar-refractivity contribution in [3.8, 4) is 10.7 Å². The van der Waals surface area contributed by atoms with Crippen LogP contribution < -0.4 is 5.32 Å². The van der Waals surface area contributed by atoms with Gasteiger partial charge < -0.3 is 10.4 Å². The van der Waals surface area contributed by atoms with Crippen LogP contribution in [0.2, 0.25) is 0 Å². The molecule has 0 spiro atoms. The van der Waals surface area contributed by atoms with E-state index in [-0.39, 0.29) is 18.9 Å². The van der Waals surface area contributed by atoms with Crippen molar-refractivity contribution in [2.75, 3.05) is 0 Å². The maximum absolute atomic E-state index is 11.7. The molecule has 0 fully saturated rings. The molecule has 1 unspecified atom stereocenters. The van der Waals surface area contributed by atoms with Gasteiger partial charge in [-0.2, -0.15) is 4.80 Å². The second kappa shape index (κ2) is 6.24. The zero-order chi connectivity index (χ0) is 14.5. The quantitative estimate of drug-likeness (QED) is 0.797. The Morgan fingerprint density at radius 1 is 1.55 bits per heavy atom. The molecule has 2 N–H and O–H groups in total. The van der Waals surface area contributed by atoms with Crippen molar-refractivity contribution >= 4 is 23.2 Å². The topological polar surface area (TPSA) is 110 Å². The van der Waals surface area contributed by atoms with Crippen LogP contribution in [0.3, 0.4) is 0 Å². The van der Waals surface area contributed by atoms with Gasteiger partial charge in [0.25, 0.3) is 0 Å². The third-order valence-corrected chi connectivity index (χ3v) is 3.23. The first kappa shape index (κ1) is 14.1. The third-order valence-electron chi connectivity index (χ3n) is 2.37. The number of aromatic nitrogens is 4. The second-order valence-corrected chi connectivity index (χ2v) is 5.13. The SMILES string of the molecule is CC(CC(=O)O)NC(=O)Cn1nnc(-c2cccs2)n1. The molecule has 2 rings (SSSR count). The van der Waals surface area contributed by atoms with Gasteiger partial charge in [0.05, 0.1) is 11.3 Å². The van der Waals surface area contributed by atoms with E-state index >= 15 is 0 Å². The predicted molar refractivity (Wildman–Crippen MR) is 71.0 cm³/mol. The summed E-state index contributed by atoms with van der Waals surface area (Å²) in [6.07, 6.45) is -0.128. The van der Waals surface area contributed by atoms with Crippen LogP contribution in [0.1, 0.15) is 13.3 Å². The number of aliphatic carboxylic acids is 1. The molecule has 8 nitrogen and oxygen atoms in total. The Balaban J connectivity index is 1.90. The van der Waals surface area contributed by atoms with Crippen molar-refractivity contribution in [2.45, 2.75) is 25.9 Å². The lowest BCUT2D eigenvalue weighted by molar-refractivity contribution is -0.137. The van der Waals surface area contributed by atoms with Crippen molar-refractivity contribution in [3.05, 3.63) is 17.5 Å². The zero-order valence-electron chi connectivity index (χ0n) is 10.7. The Hall–Kier alpha value is -2.29. The number of tetrazole rings is 1. The predicted octanol–water partition coefficient (Wildman–Crippen LogP) is 0.381. The smallest absolute Gasteiger partial charge is 0.305 e. The lowest BCUT2D eigenvalue weighted by Gasteiger charge is -2.10. The van der Waals surface area contributed by atoms with Gasteiger partial charge in [0.15, 0.2) is 0 Å². The molecular formula is C11H13N5O3S. The molecular weight excluding hydrogens is 282 g/mol. The lowest BCUT2D eigenvalue weighted by atomic mass is 10.2. The minimum absolute atomic E-state index is 0.0949. The van der Waals surface area contributed by atoms with Gasteiger partial charge in [-0.15, -0.1) is 21.5 Å². The number of hydrogen-bond acceptors (Lipinski definition) is 6. The van der Waals surface area contributed by atoms with E-state index in [1.54, 1.807) is 6.92 Å². The number of carbonyl (C=O) groups is 2. The molecule has 1 amide bonds. The molecule has 0 aliphatic heterocycles. The molecule has 0 saturated heterocycles. The fourth-order valence-corrected chi connectivity index (χ4v) is 2.22. The Bertz CT molecular complexity index is 595. The van der Waals surface area contributed by atoms with E-state index in [0.29, 0.717) is 5.82 Å². The lowest BCUT2D eigenvalue weighted by Crippen LogP contribution is -2.36. The summed E-state index contributed by atoms with van der Waals surface area (Å²) in [6.45, 7) is 1.53. The summed E-state index contributed by atoms with van der Waals surface area (Å²) in [5.74, 6) is -0.850. The van der Waals surface area contributed by atoms with Crippen LogP contribution in [0.15, 0.2) is 17.5 Å². The maximum Gasteiger partial charge on any atom is 0.305 e. The number of carbonyl (C=O) groups excluding carboxylic acids is 1. The van der Waals surface area contributed by atoms with Gasteiger partial charge in [0, 0.05) is 6.04 Å². The van der Waals surface area contributed by atoms with Crippen LogP contribution in [0.5, 0.6) is 0 Å². The van der Waals surface area contributed by atoms with Crippen LogP contribution in [0.4, 0.5) is 0 Å². The molecule has 2 aromatic rings. The van der Waals surface area contributed by atoms with E-state index in [1.807, 2.05) is 17.5 Å². The maximum atomic E-state index is 11.7. The van der Waals surface area contributed by atoms with Gasteiger partial charge in [0.1, 0.15) is 6.54 Å². The number of carboxylic acid groups (broad SMARTS) is 1. The summed E-state index contributed by atoms with van der Waals surface area (Å²) < 4.78 is 0. The van der Waals surface area contributed by atoms with E-state index < -0.39 is 12.0 Å². The molecule has 106 valence electrons. The molecule has 0 aliphatic rings. The van der Waals surface area contributed by atoms with Crippen LogP contribution in [0.25, 0.3) is 10.7 Å². The fourth-order valence-electron chi connectivity index (χ4n) is 1.58. The zero-order valence-corrected chi connectivity index (χ0v) is 11.5. The second-order valence-electron chi connectivity index (χ2n) is 4.19. The van der Waals surface area contributed by atoms with Gasteiger partial charge in [0.2, 0.25) is 11.7 Å². The van der Waals surface area contributed by atoms with Crippen molar-refractivity contribution < 1.29 is 14.7 Å². The molecule has 0 bridgehead atoms. The first-order chi connectivity index (χ1) is 9.54. The molecule has 2 aromatic heterocycles. The highest BCUT2D eigenvalue weighted by atomic mass is 32.1.